The first-order valence-electron chi connectivity index (χ1n) is 8.60. The molecule has 7 heteroatoms. The Bertz CT molecular complexity index is 1110. The van der Waals surface area contributed by atoms with Gasteiger partial charge in [-0.05, 0) is 18.2 Å². The number of ketones is 1. The molecule has 7 nitrogen and oxygen atoms in total. The number of methoxy groups -OCH3 is 1. The van der Waals surface area contributed by atoms with E-state index in [2.05, 4.69) is 0 Å². The molecule has 0 aliphatic carbocycles. The van der Waals surface area contributed by atoms with E-state index in [-0.39, 0.29) is 19.2 Å². The maximum Gasteiger partial charge on any atom is 0.231 e. The molecular weight excluding hydrogens is 352 g/mol. The minimum Gasteiger partial charge on any atom is -0.490 e. The zero-order chi connectivity index (χ0) is 18.1. The number of rotatable bonds is 1. The summed E-state index contributed by atoms with van der Waals surface area (Å²) in [7, 11) is 1.53. The van der Waals surface area contributed by atoms with Crippen molar-refractivity contribution in [3.05, 3.63) is 41.7 Å². The number of hydrogen-bond donors (Lipinski definition) is 0. The van der Waals surface area contributed by atoms with E-state index in [4.69, 9.17) is 28.1 Å². The van der Waals surface area contributed by atoms with Crippen molar-refractivity contribution in [3.8, 4) is 28.7 Å². The zero-order valence-corrected chi connectivity index (χ0v) is 14.3. The number of carbonyl (C=O) groups excluding carboxylic acids is 1. The second kappa shape index (κ2) is 5.09. The van der Waals surface area contributed by atoms with Crippen LogP contribution >= 0.6 is 0 Å². The van der Waals surface area contributed by atoms with E-state index < -0.39 is 12.0 Å². The smallest absolute Gasteiger partial charge is 0.231 e. The Balaban J connectivity index is 1.54. The van der Waals surface area contributed by atoms with Gasteiger partial charge in [-0.25, -0.2) is 0 Å². The van der Waals surface area contributed by atoms with Gasteiger partial charge in [0.2, 0.25) is 12.5 Å². The van der Waals surface area contributed by atoms with E-state index in [1.54, 1.807) is 24.5 Å². The third kappa shape index (κ3) is 1.88. The monoisotopic (exact) mass is 366 g/mol. The highest BCUT2D eigenvalue weighted by atomic mass is 16.7. The van der Waals surface area contributed by atoms with Crippen LogP contribution < -0.4 is 23.7 Å². The molecule has 3 aliphatic heterocycles. The van der Waals surface area contributed by atoms with Gasteiger partial charge in [0.15, 0.2) is 28.6 Å². The van der Waals surface area contributed by atoms with Gasteiger partial charge < -0.3 is 28.1 Å². The maximum absolute atomic E-state index is 13.5. The first kappa shape index (κ1) is 14.8. The van der Waals surface area contributed by atoms with Crippen LogP contribution in [0.1, 0.15) is 21.8 Å². The van der Waals surface area contributed by atoms with E-state index in [0.717, 1.165) is 10.9 Å². The Labute approximate surface area is 153 Å². The van der Waals surface area contributed by atoms with Crippen molar-refractivity contribution in [2.75, 3.05) is 20.5 Å². The molecule has 3 aromatic rings. The molecule has 136 valence electrons. The normalized spacial score (nSPS) is 21.7. The predicted molar refractivity (Wildman–Crippen MR) is 92.3 cm³/mol. The SMILES string of the molecule is COc1c2c(cc3ccoc13)C(=O)[C@@H]1c3cc4c(cc3OC[C@H]1O2)OCO4. The van der Waals surface area contributed by atoms with Crippen LogP contribution in [0, 0.1) is 0 Å². The average molecular weight is 366 g/mol. The van der Waals surface area contributed by atoms with Crippen molar-refractivity contribution < 1.29 is 32.9 Å². The lowest BCUT2D eigenvalue weighted by molar-refractivity contribution is 0.0546. The quantitative estimate of drug-likeness (QED) is 0.654. The Morgan fingerprint density at radius 1 is 1.07 bits per heavy atom. The summed E-state index contributed by atoms with van der Waals surface area (Å²) < 4.78 is 33.9. The molecule has 4 heterocycles. The molecule has 0 amide bonds. The third-order valence-corrected chi connectivity index (χ3v) is 5.29. The molecule has 0 unspecified atom stereocenters. The molecule has 27 heavy (non-hydrogen) atoms. The number of furan rings is 1. The molecule has 0 N–H and O–H groups in total. The summed E-state index contributed by atoms with van der Waals surface area (Å²) in [5.74, 6) is 2.17. The van der Waals surface area contributed by atoms with Crippen molar-refractivity contribution in [3.63, 3.8) is 0 Å². The molecule has 0 fully saturated rings. The van der Waals surface area contributed by atoms with E-state index in [1.165, 1.54) is 7.11 Å². The second-order valence-corrected chi connectivity index (χ2v) is 6.68. The van der Waals surface area contributed by atoms with E-state index in [9.17, 15) is 4.79 Å². The van der Waals surface area contributed by atoms with Crippen LogP contribution in [0.3, 0.4) is 0 Å². The minimum atomic E-state index is -0.482. The van der Waals surface area contributed by atoms with Crippen LogP contribution in [0.2, 0.25) is 0 Å². The Morgan fingerprint density at radius 2 is 1.93 bits per heavy atom. The molecule has 0 spiro atoms. The minimum absolute atomic E-state index is 0.0361. The van der Waals surface area contributed by atoms with Crippen molar-refractivity contribution in [1.82, 2.24) is 0 Å². The number of ether oxygens (including phenoxy) is 5. The number of hydrogen-bond acceptors (Lipinski definition) is 7. The maximum atomic E-state index is 13.5. The van der Waals surface area contributed by atoms with Crippen molar-refractivity contribution in [1.29, 1.82) is 0 Å². The van der Waals surface area contributed by atoms with Gasteiger partial charge in [-0.2, -0.15) is 0 Å². The summed E-state index contributed by atoms with van der Waals surface area (Å²) in [6, 6.07) is 7.18. The number of benzene rings is 2. The van der Waals surface area contributed by atoms with Crippen LogP contribution in [0.25, 0.3) is 11.0 Å². The first-order valence-corrected chi connectivity index (χ1v) is 8.60. The Morgan fingerprint density at radius 3 is 2.78 bits per heavy atom. The standard InChI is InChI=1S/C20H14O7/c1-22-20-18-9(2-3-23-18)4-11-17(21)16-10-5-13-14(26-8-25-13)6-12(10)24-7-15(16)27-19(11)20/h2-6,15-16H,7-8H2,1H3/t15-,16-/m1/s1. The lowest BCUT2D eigenvalue weighted by atomic mass is 9.81. The summed E-state index contributed by atoms with van der Waals surface area (Å²) in [4.78, 5) is 13.5. The van der Waals surface area contributed by atoms with Crippen LogP contribution in [-0.2, 0) is 0 Å². The summed E-state index contributed by atoms with van der Waals surface area (Å²) in [6.45, 7) is 0.414. The fourth-order valence-electron chi connectivity index (χ4n) is 4.06. The first-order chi connectivity index (χ1) is 13.2. The topological polar surface area (TPSA) is 76.4 Å². The Hall–Kier alpha value is -3.35. The lowest BCUT2D eigenvalue weighted by Gasteiger charge is -2.37. The molecule has 2 aromatic carbocycles. The van der Waals surface area contributed by atoms with Crippen LogP contribution in [0.4, 0.5) is 0 Å². The molecule has 6 rings (SSSR count). The largest absolute Gasteiger partial charge is 0.490 e. The summed E-state index contributed by atoms with van der Waals surface area (Å²) >= 11 is 0. The molecule has 0 saturated heterocycles. The van der Waals surface area contributed by atoms with E-state index in [0.29, 0.717) is 39.9 Å². The van der Waals surface area contributed by atoms with Gasteiger partial charge in [0.1, 0.15) is 18.5 Å². The van der Waals surface area contributed by atoms with Gasteiger partial charge in [0.25, 0.3) is 0 Å². The summed E-state index contributed by atoms with van der Waals surface area (Å²) in [6.07, 6.45) is 1.11. The fraction of sp³-hybridized carbons (Fsp3) is 0.250. The molecule has 0 saturated carbocycles. The summed E-state index contributed by atoms with van der Waals surface area (Å²) in [5, 5.41) is 0.791. The number of carbonyl (C=O) groups is 1. The van der Waals surface area contributed by atoms with Crippen molar-refractivity contribution >= 4 is 16.8 Å². The van der Waals surface area contributed by atoms with Crippen LogP contribution in [0.15, 0.2) is 34.9 Å². The zero-order valence-electron chi connectivity index (χ0n) is 14.3. The Kier molecular flexibility index (Phi) is 2.79. The van der Waals surface area contributed by atoms with E-state index >= 15 is 0 Å². The number of Topliss-reactive ketones (excluding diaryl/α,β-unsaturated/α-hetero) is 1. The van der Waals surface area contributed by atoms with Crippen molar-refractivity contribution in [2.45, 2.75) is 12.0 Å². The van der Waals surface area contributed by atoms with Crippen molar-refractivity contribution in [2.24, 2.45) is 0 Å². The van der Waals surface area contributed by atoms with Gasteiger partial charge in [-0.1, -0.05) is 0 Å². The molecule has 2 atom stereocenters. The van der Waals surface area contributed by atoms with Crippen LogP contribution in [-0.4, -0.2) is 32.4 Å². The average Bonchev–Trinajstić information content (AvgIpc) is 3.33. The summed E-state index contributed by atoms with van der Waals surface area (Å²) in [5.41, 5.74) is 1.79. The molecule has 0 radical (unpaired) electrons. The second-order valence-electron chi connectivity index (χ2n) is 6.68. The fourth-order valence-corrected chi connectivity index (χ4v) is 4.06. The molecule has 0 bridgehead atoms. The van der Waals surface area contributed by atoms with E-state index in [1.807, 2.05) is 6.07 Å². The van der Waals surface area contributed by atoms with Gasteiger partial charge >= 0.3 is 0 Å². The van der Waals surface area contributed by atoms with Gasteiger partial charge in [0.05, 0.1) is 24.9 Å². The molecular formula is C20H14O7. The molecule has 1 aromatic heterocycles. The highest BCUT2D eigenvalue weighted by Gasteiger charge is 2.45. The van der Waals surface area contributed by atoms with Crippen LogP contribution in [0.5, 0.6) is 28.7 Å². The van der Waals surface area contributed by atoms with Gasteiger partial charge in [-0.15, -0.1) is 0 Å². The third-order valence-electron chi connectivity index (χ3n) is 5.29. The highest BCUT2D eigenvalue weighted by molar-refractivity contribution is 6.09. The van der Waals surface area contributed by atoms with Gasteiger partial charge in [-0.3, -0.25) is 4.79 Å². The lowest BCUT2D eigenvalue weighted by Crippen LogP contribution is -2.43. The number of fused-ring (bicyclic) bond motifs is 6. The molecule has 3 aliphatic rings. The van der Waals surface area contributed by atoms with Gasteiger partial charge in [0, 0.05) is 17.0 Å². The highest BCUT2D eigenvalue weighted by Crippen LogP contribution is 2.50. The predicted octanol–water partition coefficient (Wildman–Crippen LogP) is 3.29.